The van der Waals surface area contributed by atoms with Crippen molar-refractivity contribution >= 4 is 23.7 Å². The maximum absolute atomic E-state index is 12.0. The van der Waals surface area contributed by atoms with Crippen LogP contribution in [0.2, 0.25) is 0 Å². The SMILES string of the molecule is Cc1cccc(NC(=O)COc2ccc(/C=N\NC(=O)CN3CCOCC3)cc2)c1. The van der Waals surface area contributed by atoms with Gasteiger partial charge in [0.15, 0.2) is 6.61 Å². The van der Waals surface area contributed by atoms with Gasteiger partial charge in [0.2, 0.25) is 0 Å². The van der Waals surface area contributed by atoms with Crippen molar-refractivity contribution in [2.24, 2.45) is 5.10 Å². The lowest BCUT2D eigenvalue weighted by Crippen LogP contribution is -2.42. The summed E-state index contributed by atoms with van der Waals surface area (Å²) in [6.45, 7) is 4.99. The highest BCUT2D eigenvalue weighted by atomic mass is 16.5. The molecule has 0 atom stereocenters. The number of morpholine rings is 1. The third-order valence-electron chi connectivity index (χ3n) is 4.43. The molecule has 0 saturated carbocycles. The molecule has 30 heavy (non-hydrogen) atoms. The monoisotopic (exact) mass is 410 g/mol. The van der Waals surface area contributed by atoms with Crippen LogP contribution in [0.1, 0.15) is 11.1 Å². The lowest BCUT2D eigenvalue weighted by molar-refractivity contribution is -0.123. The fourth-order valence-corrected chi connectivity index (χ4v) is 2.90. The second-order valence-electron chi connectivity index (χ2n) is 6.96. The van der Waals surface area contributed by atoms with E-state index < -0.39 is 0 Å². The van der Waals surface area contributed by atoms with Crippen LogP contribution in [0.25, 0.3) is 0 Å². The molecular weight excluding hydrogens is 384 g/mol. The van der Waals surface area contributed by atoms with E-state index in [0.29, 0.717) is 25.5 Å². The Balaban J connectivity index is 1.39. The molecule has 1 aliphatic rings. The molecule has 0 bridgehead atoms. The van der Waals surface area contributed by atoms with E-state index in [0.717, 1.165) is 29.9 Å². The molecule has 2 aromatic carbocycles. The van der Waals surface area contributed by atoms with Gasteiger partial charge >= 0.3 is 0 Å². The molecule has 0 aromatic heterocycles. The minimum absolute atomic E-state index is 0.0843. The van der Waals surface area contributed by atoms with Gasteiger partial charge in [-0.15, -0.1) is 0 Å². The van der Waals surface area contributed by atoms with Gasteiger partial charge in [0.1, 0.15) is 5.75 Å². The summed E-state index contributed by atoms with van der Waals surface area (Å²) in [7, 11) is 0. The lowest BCUT2D eigenvalue weighted by atomic mass is 10.2. The highest BCUT2D eigenvalue weighted by Gasteiger charge is 2.13. The molecule has 1 aliphatic heterocycles. The Morgan fingerprint density at radius 2 is 1.90 bits per heavy atom. The molecule has 0 aliphatic carbocycles. The van der Waals surface area contributed by atoms with Crippen molar-refractivity contribution in [2.45, 2.75) is 6.92 Å². The van der Waals surface area contributed by atoms with Crippen molar-refractivity contribution in [2.75, 3.05) is 44.8 Å². The first kappa shape index (κ1) is 21.5. The Labute approximate surface area is 175 Å². The van der Waals surface area contributed by atoms with Gasteiger partial charge in [-0.25, -0.2) is 5.43 Å². The van der Waals surface area contributed by atoms with Crippen molar-refractivity contribution in [3.05, 3.63) is 59.7 Å². The predicted molar refractivity (Wildman–Crippen MR) is 115 cm³/mol. The van der Waals surface area contributed by atoms with Crippen LogP contribution in [0, 0.1) is 6.92 Å². The molecule has 8 nitrogen and oxygen atoms in total. The minimum atomic E-state index is -0.228. The number of carbonyl (C=O) groups excluding carboxylic acids is 2. The van der Waals surface area contributed by atoms with Crippen LogP contribution in [0.4, 0.5) is 5.69 Å². The van der Waals surface area contributed by atoms with Crippen LogP contribution in [-0.4, -0.2) is 62.4 Å². The largest absolute Gasteiger partial charge is 0.484 e. The molecule has 2 N–H and O–H groups in total. The van der Waals surface area contributed by atoms with Gasteiger partial charge < -0.3 is 14.8 Å². The van der Waals surface area contributed by atoms with Crippen molar-refractivity contribution in [1.82, 2.24) is 10.3 Å². The van der Waals surface area contributed by atoms with Gasteiger partial charge in [-0.05, 0) is 54.4 Å². The first-order valence-corrected chi connectivity index (χ1v) is 9.80. The van der Waals surface area contributed by atoms with E-state index in [1.807, 2.05) is 36.1 Å². The van der Waals surface area contributed by atoms with Crippen LogP contribution in [0.5, 0.6) is 5.75 Å². The summed E-state index contributed by atoms with van der Waals surface area (Å²) in [5.41, 5.74) is 5.14. The standard InChI is InChI=1S/C22H26N4O4/c1-17-3-2-4-19(13-17)24-22(28)16-30-20-7-5-18(6-8-20)14-23-25-21(27)15-26-9-11-29-12-10-26/h2-8,13-14H,9-12,15-16H2,1H3,(H,24,28)(H,25,27)/b23-14-. The van der Waals surface area contributed by atoms with Crippen LogP contribution < -0.4 is 15.5 Å². The van der Waals surface area contributed by atoms with Crippen LogP contribution >= 0.6 is 0 Å². The molecule has 8 heteroatoms. The summed E-state index contributed by atoms with van der Waals surface area (Å²) < 4.78 is 10.8. The van der Waals surface area contributed by atoms with Gasteiger partial charge in [-0.2, -0.15) is 5.10 Å². The van der Waals surface area contributed by atoms with Gasteiger partial charge in [0.05, 0.1) is 26.0 Å². The number of nitrogens with one attached hydrogen (secondary N) is 2. The Hall–Kier alpha value is -3.23. The van der Waals surface area contributed by atoms with Crippen molar-refractivity contribution in [3.63, 3.8) is 0 Å². The van der Waals surface area contributed by atoms with E-state index >= 15 is 0 Å². The highest BCUT2D eigenvalue weighted by Crippen LogP contribution is 2.12. The van der Waals surface area contributed by atoms with Crippen LogP contribution in [0.3, 0.4) is 0 Å². The summed E-state index contributed by atoms with van der Waals surface area (Å²) in [6.07, 6.45) is 1.56. The number of anilines is 1. The molecule has 1 saturated heterocycles. The number of hydrazone groups is 1. The van der Waals surface area contributed by atoms with Gasteiger partial charge in [0.25, 0.3) is 11.8 Å². The molecule has 1 heterocycles. The first-order valence-electron chi connectivity index (χ1n) is 9.80. The maximum atomic E-state index is 12.0. The first-order chi connectivity index (χ1) is 14.6. The second kappa shape index (κ2) is 11.1. The maximum Gasteiger partial charge on any atom is 0.262 e. The number of aryl methyl sites for hydroxylation is 1. The van der Waals surface area contributed by atoms with Crippen molar-refractivity contribution < 1.29 is 19.1 Å². The number of carbonyl (C=O) groups is 2. The topological polar surface area (TPSA) is 92.3 Å². The molecule has 0 spiro atoms. The summed E-state index contributed by atoms with van der Waals surface area (Å²) >= 11 is 0. The molecule has 0 unspecified atom stereocenters. The predicted octanol–water partition coefficient (Wildman–Crippen LogP) is 1.79. The quantitative estimate of drug-likeness (QED) is 0.511. The molecule has 3 rings (SSSR count). The third-order valence-corrected chi connectivity index (χ3v) is 4.43. The number of ether oxygens (including phenoxy) is 2. The molecule has 158 valence electrons. The number of amides is 2. The average Bonchev–Trinajstić information content (AvgIpc) is 2.74. The molecular formula is C22H26N4O4. The highest BCUT2D eigenvalue weighted by molar-refractivity contribution is 5.92. The van der Waals surface area contributed by atoms with E-state index in [1.54, 1.807) is 30.5 Å². The van der Waals surface area contributed by atoms with E-state index in [9.17, 15) is 9.59 Å². The Bertz CT molecular complexity index is 877. The zero-order valence-electron chi connectivity index (χ0n) is 17.0. The fourth-order valence-electron chi connectivity index (χ4n) is 2.90. The van der Waals surface area contributed by atoms with E-state index in [1.165, 1.54) is 0 Å². The molecule has 0 radical (unpaired) electrons. The zero-order valence-corrected chi connectivity index (χ0v) is 17.0. The second-order valence-corrected chi connectivity index (χ2v) is 6.96. The lowest BCUT2D eigenvalue weighted by Gasteiger charge is -2.25. The zero-order chi connectivity index (χ0) is 21.2. The van der Waals surface area contributed by atoms with Gasteiger partial charge in [-0.3, -0.25) is 14.5 Å². The molecule has 1 fully saturated rings. The summed E-state index contributed by atoms with van der Waals surface area (Å²) in [6, 6.07) is 14.7. The number of nitrogens with zero attached hydrogens (tertiary/aromatic N) is 2. The average molecular weight is 410 g/mol. The Morgan fingerprint density at radius 3 is 2.63 bits per heavy atom. The van der Waals surface area contributed by atoms with Gasteiger partial charge in [0, 0.05) is 18.8 Å². The van der Waals surface area contributed by atoms with E-state index in [4.69, 9.17) is 9.47 Å². The van der Waals surface area contributed by atoms with Gasteiger partial charge in [-0.1, -0.05) is 12.1 Å². The van der Waals surface area contributed by atoms with E-state index in [-0.39, 0.29) is 18.4 Å². The normalized spacial score (nSPS) is 14.4. The van der Waals surface area contributed by atoms with Crippen molar-refractivity contribution in [1.29, 1.82) is 0 Å². The summed E-state index contributed by atoms with van der Waals surface area (Å²) in [5.74, 6) is 0.185. The van der Waals surface area contributed by atoms with E-state index in [2.05, 4.69) is 15.8 Å². The number of rotatable bonds is 8. The fraction of sp³-hybridized carbons (Fsp3) is 0.318. The minimum Gasteiger partial charge on any atom is -0.484 e. The smallest absolute Gasteiger partial charge is 0.262 e. The summed E-state index contributed by atoms with van der Waals surface area (Å²) in [4.78, 5) is 25.9. The number of hydrogen-bond acceptors (Lipinski definition) is 6. The number of benzene rings is 2. The summed E-state index contributed by atoms with van der Waals surface area (Å²) in [5, 5.41) is 6.77. The third kappa shape index (κ3) is 7.31. The molecule has 2 amide bonds. The van der Waals surface area contributed by atoms with Crippen LogP contribution in [-0.2, 0) is 14.3 Å². The van der Waals surface area contributed by atoms with Crippen molar-refractivity contribution in [3.8, 4) is 5.75 Å². The Morgan fingerprint density at radius 1 is 1.13 bits per heavy atom. The van der Waals surface area contributed by atoms with Crippen LogP contribution in [0.15, 0.2) is 53.6 Å². The number of hydrogen-bond donors (Lipinski definition) is 2. The molecule has 2 aromatic rings. The Kier molecular flexibility index (Phi) is 7.94.